The first-order valence-corrected chi connectivity index (χ1v) is 7.87. The van der Waals surface area contributed by atoms with E-state index < -0.39 is 6.10 Å². The number of benzene rings is 1. The number of ether oxygens (including phenoxy) is 1. The molecule has 1 saturated carbocycles. The Labute approximate surface area is 130 Å². The van der Waals surface area contributed by atoms with E-state index in [1.807, 2.05) is 0 Å². The molecule has 0 bridgehead atoms. The zero-order chi connectivity index (χ0) is 15.1. The Kier molecular flexibility index (Phi) is 6.33. The molecule has 0 saturated heterocycles. The van der Waals surface area contributed by atoms with Gasteiger partial charge in [0.25, 0.3) is 5.91 Å². The molecule has 1 amide bonds. The third kappa shape index (κ3) is 5.56. The monoisotopic (exact) mass is 311 g/mol. The molecule has 1 aliphatic carbocycles. The summed E-state index contributed by atoms with van der Waals surface area (Å²) < 4.78 is 5.51. The standard InChI is InChI=1S/C16H22ClNO3/c1-12(21-15-8-6-14(17)7-9-15)16(19)18-20-11-10-13-4-2-3-5-13/h6-9,12-13H,2-5,10-11H2,1H3,(H,18,19)/t12-/m0/s1. The maximum absolute atomic E-state index is 11.8. The molecule has 1 aliphatic rings. The number of rotatable bonds is 7. The second kappa shape index (κ2) is 8.25. The Morgan fingerprint density at radius 1 is 1.33 bits per heavy atom. The normalized spacial score (nSPS) is 16.7. The van der Waals surface area contributed by atoms with Crippen LogP contribution in [0.3, 0.4) is 0 Å². The van der Waals surface area contributed by atoms with Crippen molar-refractivity contribution in [2.24, 2.45) is 5.92 Å². The molecule has 1 aromatic carbocycles. The van der Waals surface area contributed by atoms with E-state index in [9.17, 15) is 4.79 Å². The van der Waals surface area contributed by atoms with E-state index in [0.29, 0.717) is 17.4 Å². The van der Waals surface area contributed by atoms with Crippen molar-refractivity contribution in [3.05, 3.63) is 29.3 Å². The summed E-state index contributed by atoms with van der Waals surface area (Å²) in [6.07, 6.45) is 5.61. The lowest BCUT2D eigenvalue weighted by atomic mass is 10.1. The molecule has 116 valence electrons. The van der Waals surface area contributed by atoms with E-state index in [2.05, 4.69) is 5.48 Å². The summed E-state index contributed by atoms with van der Waals surface area (Å²) in [5.41, 5.74) is 2.45. The minimum Gasteiger partial charge on any atom is -0.481 e. The first kappa shape index (κ1) is 16.1. The van der Waals surface area contributed by atoms with Crippen molar-refractivity contribution >= 4 is 17.5 Å². The van der Waals surface area contributed by atoms with Gasteiger partial charge in [-0.3, -0.25) is 9.63 Å². The fourth-order valence-electron chi connectivity index (χ4n) is 2.50. The van der Waals surface area contributed by atoms with Gasteiger partial charge in [-0.25, -0.2) is 5.48 Å². The minimum atomic E-state index is -0.613. The fourth-order valence-corrected chi connectivity index (χ4v) is 2.63. The minimum absolute atomic E-state index is 0.281. The van der Waals surface area contributed by atoms with Crippen LogP contribution < -0.4 is 10.2 Å². The van der Waals surface area contributed by atoms with Crippen LogP contribution >= 0.6 is 11.6 Å². The highest BCUT2D eigenvalue weighted by Crippen LogP contribution is 2.27. The summed E-state index contributed by atoms with van der Waals surface area (Å²) in [6.45, 7) is 2.24. The summed E-state index contributed by atoms with van der Waals surface area (Å²) in [7, 11) is 0. The predicted octanol–water partition coefficient (Wildman–Crippen LogP) is 3.74. The maximum atomic E-state index is 11.8. The van der Waals surface area contributed by atoms with Crippen LogP contribution in [-0.2, 0) is 9.63 Å². The van der Waals surface area contributed by atoms with Crippen LogP contribution in [0.5, 0.6) is 5.75 Å². The molecule has 0 radical (unpaired) electrons. The Bertz CT molecular complexity index is 443. The lowest BCUT2D eigenvalue weighted by Crippen LogP contribution is -2.36. The van der Waals surface area contributed by atoms with E-state index >= 15 is 0 Å². The number of amides is 1. The maximum Gasteiger partial charge on any atom is 0.284 e. The SMILES string of the molecule is C[C@H](Oc1ccc(Cl)cc1)C(=O)NOCCC1CCCC1. The molecule has 0 heterocycles. The van der Waals surface area contributed by atoms with Crippen LogP contribution in [0.2, 0.25) is 5.02 Å². The van der Waals surface area contributed by atoms with E-state index in [-0.39, 0.29) is 5.91 Å². The molecule has 1 atom stereocenters. The van der Waals surface area contributed by atoms with Crippen LogP contribution in [0.15, 0.2) is 24.3 Å². The van der Waals surface area contributed by atoms with Crippen molar-refractivity contribution in [2.45, 2.75) is 45.1 Å². The molecule has 0 spiro atoms. The molecule has 1 fully saturated rings. The Balaban J connectivity index is 1.63. The number of hydrogen-bond donors (Lipinski definition) is 1. The van der Waals surface area contributed by atoms with Crippen molar-refractivity contribution in [2.75, 3.05) is 6.61 Å². The largest absolute Gasteiger partial charge is 0.481 e. The van der Waals surface area contributed by atoms with Gasteiger partial charge in [0, 0.05) is 5.02 Å². The van der Waals surface area contributed by atoms with Crippen molar-refractivity contribution in [1.82, 2.24) is 5.48 Å². The van der Waals surface area contributed by atoms with Crippen molar-refractivity contribution in [1.29, 1.82) is 0 Å². The van der Waals surface area contributed by atoms with Gasteiger partial charge in [0.1, 0.15) is 5.75 Å². The highest BCUT2D eigenvalue weighted by molar-refractivity contribution is 6.30. The number of carbonyl (C=O) groups excluding carboxylic acids is 1. The van der Waals surface area contributed by atoms with Crippen LogP contribution in [-0.4, -0.2) is 18.6 Å². The smallest absolute Gasteiger partial charge is 0.284 e. The fraction of sp³-hybridized carbons (Fsp3) is 0.562. The molecule has 21 heavy (non-hydrogen) atoms. The highest BCUT2D eigenvalue weighted by Gasteiger charge is 2.17. The van der Waals surface area contributed by atoms with E-state index in [4.69, 9.17) is 21.2 Å². The molecular formula is C16H22ClNO3. The number of halogens is 1. The highest BCUT2D eigenvalue weighted by atomic mass is 35.5. The first-order chi connectivity index (χ1) is 10.1. The molecule has 5 heteroatoms. The number of hydrogen-bond acceptors (Lipinski definition) is 3. The van der Waals surface area contributed by atoms with Gasteiger partial charge in [0.05, 0.1) is 6.61 Å². The molecule has 1 N–H and O–H groups in total. The lowest BCUT2D eigenvalue weighted by molar-refractivity contribution is -0.140. The van der Waals surface area contributed by atoms with Crippen LogP contribution in [0.4, 0.5) is 0 Å². The predicted molar refractivity (Wildman–Crippen MR) is 82.2 cm³/mol. The average Bonchev–Trinajstić information content (AvgIpc) is 2.99. The first-order valence-electron chi connectivity index (χ1n) is 7.49. The second-order valence-electron chi connectivity index (χ2n) is 5.47. The molecule has 0 aliphatic heterocycles. The quantitative estimate of drug-likeness (QED) is 0.616. The van der Waals surface area contributed by atoms with Gasteiger partial charge < -0.3 is 4.74 Å². The zero-order valence-electron chi connectivity index (χ0n) is 12.3. The molecule has 1 aromatic rings. The van der Waals surface area contributed by atoms with Gasteiger partial charge in [-0.2, -0.15) is 0 Å². The third-order valence-corrected chi connectivity index (χ3v) is 4.02. The van der Waals surface area contributed by atoms with Crippen molar-refractivity contribution in [3.63, 3.8) is 0 Å². The van der Waals surface area contributed by atoms with Crippen LogP contribution in [0.25, 0.3) is 0 Å². The van der Waals surface area contributed by atoms with Gasteiger partial charge in [-0.1, -0.05) is 37.3 Å². The van der Waals surface area contributed by atoms with Gasteiger partial charge in [0.15, 0.2) is 6.10 Å². The zero-order valence-corrected chi connectivity index (χ0v) is 13.1. The summed E-state index contributed by atoms with van der Waals surface area (Å²) in [6, 6.07) is 6.90. The Hall–Kier alpha value is -1.26. The topological polar surface area (TPSA) is 47.6 Å². The molecule has 2 rings (SSSR count). The van der Waals surface area contributed by atoms with Crippen molar-refractivity contribution in [3.8, 4) is 5.75 Å². The number of nitrogens with one attached hydrogen (secondary N) is 1. The van der Waals surface area contributed by atoms with E-state index in [1.165, 1.54) is 25.7 Å². The van der Waals surface area contributed by atoms with Gasteiger partial charge in [-0.15, -0.1) is 0 Å². The molecule has 4 nitrogen and oxygen atoms in total. The summed E-state index contributed by atoms with van der Waals surface area (Å²) in [5, 5.41) is 0.634. The Morgan fingerprint density at radius 3 is 2.67 bits per heavy atom. The van der Waals surface area contributed by atoms with Gasteiger partial charge >= 0.3 is 0 Å². The third-order valence-electron chi connectivity index (χ3n) is 3.77. The molecule has 0 unspecified atom stereocenters. The molecular weight excluding hydrogens is 290 g/mol. The Morgan fingerprint density at radius 2 is 2.00 bits per heavy atom. The van der Waals surface area contributed by atoms with E-state index in [0.717, 1.165) is 12.3 Å². The van der Waals surface area contributed by atoms with Crippen LogP contribution in [0, 0.1) is 5.92 Å². The van der Waals surface area contributed by atoms with Crippen molar-refractivity contribution < 1.29 is 14.4 Å². The van der Waals surface area contributed by atoms with Crippen LogP contribution in [0.1, 0.15) is 39.0 Å². The summed E-state index contributed by atoms with van der Waals surface area (Å²) >= 11 is 5.79. The lowest BCUT2D eigenvalue weighted by Gasteiger charge is -2.15. The number of carbonyl (C=O) groups is 1. The average molecular weight is 312 g/mol. The number of hydroxylamine groups is 1. The summed E-state index contributed by atoms with van der Waals surface area (Å²) in [4.78, 5) is 17.1. The second-order valence-corrected chi connectivity index (χ2v) is 5.90. The van der Waals surface area contributed by atoms with E-state index in [1.54, 1.807) is 31.2 Å². The van der Waals surface area contributed by atoms with Gasteiger partial charge in [0.2, 0.25) is 0 Å². The van der Waals surface area contributed by atoms with Gasteiger partial charge in [-0.05, 0) is 43.5 Å². The molecule has 0 aromatic heterocycles. The summed E-state index contributed by atoms with van der Waals surface area (Å²) in [5.74, 6) is 1.08.